The maximum Gasteiger partial charge on any atom is 1.00 e. The van der Waals surface area contributed by atoms with Crippen LogP contribution in [-0.2, 0) is 10.3 Å². The Morgan fingerprint density at radius 1 is 1.17 bits per heavy atom. The molecule has 1 aliphatic heterocycles. The molecular weight excluding hydrogens is 191 g/mol. The Hall–Kier alpha value is 0.830. The van der Waals surface area contributed by atoms with Crippen molar-refractivity contribution < 1.29 is 42.5 Å². The Morgan fingerprint density at radius 2 is 1.67 bits per heavy atom. The second-order valence-electron chi connectivity index (χ2n) is 2.59. The van der Waals surface area contributed by atoms with Crippen LogP contribution in [0.5, 0.6) is 0 Å². The quantitative estimate of drug-likeness (QED) is 0.371. The van der Waals surface area contributed by atoms with Crippen LogP contribution in [0.2, 0.25) is 0 Å². The largest absolute Gasteiger partial charge is 1.00 e. The van der Waals surface area contributed by atoms with Crippen LogP contribution in [0, 0.1) is 0 Å². The first-order valence-corrected chi connectivity index (χ1v) is 4.97. The van der Waals surface area contributed by atoms with Gasteiger partial charge < -0.3 is 4.55 Å². The molecule has 0 spiro atoms. The fourth-order valence-corrected chi connectivity index (χ4v) is 1.64. The number of hydrogen-bond acceptors (Lipinski definition) is 4. The third-order valence-corrected chi connectivity index (χ3v) is 2.08. The maximum absolute atomic E-state index is 10.2. The van der Waals surface area contributed by atoms with Crippen molar-refractivity contribution in [1.29, 1.82) is 0 Å². The molecule has 1 N–H and O–H groups in total. The van der Waals surface area contributed by atoms with Gasteiger partial charge in [-0.05, 0) is 12.8 Å². The van der Waals surface area contributed by atoms with Gasteiger partial charge in [-0.2, -0.15) is 4.83 Å². The average molecular weight is 202 g/mol. The molecule has 0 aromatic carbocycles. The van der Waals surface area contributed by atoms with Crippen LogP contribution in [0.3, 0.4) is 0 Å². The molecule has 0 aliphatic carbocycles. The summed E-state index contributed by atoms with van der Waals surface area (Å²) in [6.45, 7) is 1.28. The van der Waals surface area contributed by atoms with Gasteiger partial charge in [-0.1, -0.05) is 6.42 Å². The van der Waals surface area contributed by atoms with Gasteiger partial charge in [0.15, 0.2) is 10.3 Å². The summed E-state index contributed by atoms with van der Waals surface area (Å²) < 4.78 is 30.6. The Kier molecular flexibility index (Phi) is 5.92. The topological polar surface area (TPSA) is 72.5 Å². The third kappa shape index (κ3) is 5.47. The second kappa shape index (κ2) is 5.54. The number of piperidine rings is 1. The van der Waals surface area contributed by atoms with Gasteiger partial charge in [0.05, 0.1) is 0 Å². The van der Waals surface area contributed by atoms with E-state index in [1.54, 1.807) is 0 Å². The standard InChI is InChI=1S/C5H12N2O3S.Na/c8-11(9,10)6-7-4-2-1-3-5-7;/h6H,1-5H2,(H,8,9,10);/q;+1/p-1. The summed E-state index contributed by atoms with van der Waals surface area (Å²) in [6.07, 6.45) is 3.00. The zero-order valence-electron chi connectivity index (χ0n) is 7.12. The molecule has 0 radical (unpaired) electrons. The predicted octanol–water partition coefficient (Wildman–Crippen LogP) is -3.56. The third-order valence-electron chi connectivity index (χ3n) is 1.60. The van der Waals surface area contributed by atoms with E-state index in [0.717, 1.165) is 19.3 Å². The fourth-order valence-electron chi connectivity index (χ4n) is 1.14. The minimum absolute atomic E-state index is 0. The molecule has 0 bridgehead atoms. The van der Waals surface area contributed by atoms with Crippen molar-refractivity contribution in [2.24, 2.45) is 0 Å². The van der Waals surface area contributed by atoms with E-state index in [0.29, 0.717) is 13.1 Å². The molecule has 66 valence electrons. The molecule has 1 heterocycles. The number of rotatable bonds is 2. The number of hydrogen-bond donors (Lipinski definition) is 1. The molecule has 5 nitrogen and oxygen atoms in total. The van der Waals surface area contributed by atoms with Crippen LogP contribution in [0.1, 0.15) is 19.3 Å². The molecule has 0 aromatic heterocycles. The molecule has 0 atom stereocenters. The minimum Gasteiger partial charge on any atom is -0.734 e. The fraction of sp³-hybridized carbons (Fsp3) is 1.00. The van der Waals surface area contributed by atoms with Crippen molar-refractivity contribution in [3.05, 3.63) is 0 Å². The molecule has 0 saturated carbocycles. The van der Waals surface area contributed by atoms with Gasteiger partial charge in [-0.3, -0.25) is 0 Å². The number of nitrogens with zero attached hydrogens (tertiary/aromatic N) is 1. The Balaban J connectivity index is 0.00000121. The average Bonchev–Trinajstić information content (AvgIpc) is 1.85. The van der Waals surface area contributed by atoms with Gasteiger partial charge in [0.1, 0.15) is 0 Å². The van der Waals surface area contributed by atoms with E-state index in [2.05, 4.69) is 0 Å². The SMILES string of the molecule is O=S(=O)([O-])NN1CCCCC1.[Na+]. The smallest absolute Gasteiger partial charge is 0.734 e. The molecule has 0 amide bonds. The van der Waals surface area contributed by atoms with Crippen LogP contribution in [0.4, 0.5) is 0 Å². The summed E-state index contributed by atoms with van der Waals surface area (Å²) in [5, 5.41) is 1.45. The van der Waals surface area contributed by atoms with Gasteiger partial charge >= 0.3 is 29.6 Å². The van der Waals surface area contributed by atoms with E-state index in [4.69, 9.17) is 0 Å². The van der Waals surface area contributed by atoms with Gasteiger partial charge in [-0.15, -0.1) is 0 Å². The first-order chi connectivity index (χ1) is 5.08. The minimum atomic E-state index is -4.30. The first kappa shape index (κ1) is 12.8. The summed E-state index contributed by atoms with van der Waals surface area (Å²) in [5.74, 6) is 0. The van der Waals surface area contributed by atoms with Crippen molar-refractivity contribution in [2.45, 2.75) is 19.3 Å². The molecule has 1 fully saturated rings. The molecule has 1 saturated heterocycles. The number of nitrogens with one attached hydrogen (secondary N) is 1. The molecule has 0 aromatic rings. The Morgan fingerprint density at radius 3 is 2.08 bits per heavy atom. The van der Waals surface area contributed by atoms with Crippen molar-refractivity contribution in [3.8, 4) is 0 Å². The normalized spacial score (nSPS) is 20.1. The molecule has 0 unspecified atom stereocenters. The van der Waals surface area contributed by atoms with E-state index < -0.39 is 10.3 Å². The zero-order valence-corrected chi connectivity index (χ0v) is 9.93. The second-order valence-corrected chi connectivity index (χ2v) is 3.68. The van der Waals surface area contributed by atoms with Crippen LogP contribution in [0.15, 0.2) is 0 Å². The van der Waals surface area contributed by atoms with Gasteiger partial charge in [0.2, 0.25) is 0 Å². The molecule has 1 rings (SSSR count). The molecular formula is C5H11N2NaO3S. The van der Waals surface area contributed by atoms with E-state index in [-0.39, 0.29) is 29.6 Å². The zero-order chi connectivity index (χ0) is 8.32. The van der Waals surface area contributed by atoms with Crippen LogP contribution in [-0.4, -0.2) is 31.1 Å². The van der Waals surface area contributed by atoms with Crippen molar-refractivity contribution in [3.63, 3.8) is 0 Å². The van der Waals surface area contributed by atoms with Crippen molar-refractivity contribution in [2.75, 3.05) is 13.1 Å². The molecule has 7 heteroatoms. The van der Waals surface area contributed by atoms with E-state index in [1.165, 1.54) is 5.01 Å². The summed E-state index contributed by atoms with van der Waals surface area (Å²) in [5.41, 5.74) is 0. The number of hydrazine groups is 1. The monoisotopic (exact) mass is 202 g/mol. The summed E-state index contributed by atoms with van der Waals surface area (Å²) >= 11 is 0. The Labute approximate surface area is 94.7 Å². The van der Waals surface area contributed by atoms with Crippen molar-refractivity contribution >= 4 is 10.3 Å². The van der Waals surface area contributed by atoms with Crippen LogP contribution < -0.4 is 34.4 Å². The van der Waals surface area contributed by atoms with Gasteiger partial charge in [-0.25, -0.2) is 13.4 Å². The van der Waals surface area contributed by atoms with E-state index in [1.807, 2.05) is 4.83 Å². The predicted molar refractivity (Wildman–Crippen MR) is 38.3 cm³/mol. The van der Waals surface area contributed by atoms with E-state index in [9.17, 15) is 13.0 Å². The van der Waals surface area contributed by atoms with Crippen molar-refractivity contribution in [1.82, 2.24) is 9.84 Å². The van der Waals surface area contributed by atoms with Crippen LogP contribution in [0.25, 0.3) is 0 Å². The Bertz CT molecular complexity index is 213. The van der Waals surface area contributed by atoms with Gasteiger partial charge in [0.25, 0.3) is 0 Å². The molecule has 12 heavy (non-hydrogen) atoms. The summed E-state index contributed by atoms with van der Waals surface area (Å²) in [6, 6.07) is 0. The van der Waals surface area contributed by atoms with Gasteiger partial charge in [0, 0.05) is 13.1 Å². The van der Waals surface area contributed by atoms with E-state index >= 15 is 0 Å². The summed E-state index contributed by atoms with van der Waals surface area (Å²) in [4.78, 5) is 1.91. The summed E-state index contributed by atoms with van der Waals surface area (Å²) in [7, 11) is -4.30. The first-order valence-electron chi connectivity index (χ1n) is 3.56. The molecule has 1 aliphatic rings. The maximum atomic E-state index is 10.2. The van der Waals surface area contributed by atoms with Crippen LogP contribution >= 0.6 is 0 Å².